The number of rotatable bonds is 4. The minimum atomic E-state index is 0.0663. The molecule has 0 radical (unpaired) electrons. The molecule has 0 saturated heterocycles. The third-order valence-electron chi connectivity index (χ3n) is 14.3. The summed E-state index contributed by atoms with van der Waals surface area (Å²) in [4.78, 5) is 2.43. The molecule has 5 aliphatic carbocycles. The highest BCUT2D eigenvalue weighted by atomic mass is 32.2. The lowest BCUT2D eigenvalue weighted by molar-refractivity contribution is -0.0399. The number of aryl methyl sites for hydroxylation is 2. The fraction of sp³-hybridized carbons (Fsp3) is 0.222. The third kappa shape index (κ3) is 4.88. The lowest BCUT2D eigenvalue weighted by Crippen LogP contribution is -2.55. The number of ether oxygens (including phenoxy) is 1. The molecule has 272 valence electrons. The third-order valence-corrected chi connectivity index (χ3v) is 15.4. The smallest absolute Gasteiger partial charge is 0.142 e. The van der Waals surface area contributed by atoms with Gasteiger partial charge in [-0.05, 0) is 167 Å². The monoisotopic (exact) mass is 740 g/mol. The summed E-state index contributed by atoms with van der Waals surface area (Å²) in [5, 5.41) is 0. The standard InChI is InChI=1S/C54H44OS/c1-32-11-15-36(16-12-32)40-28-41(37-17-13-33(2)14-18-37)30-42(29-40)38-19-21-39(22-20-38)51-52-45-7-3-4-8-46(45)54(43-24-34-23-35(26-43)27-44(54)25-34)47(52)31-49-53(51)56-50-10-6-5-9-48(50)55-49/h3-22,28-31,34-35,43-44H,23-27H2,1-2H3. The Morgan fingerprint density at radius 3 is 1.59 bits per heavy atom. The van der Waals surface area contributed by atoms with Gasteiger partial charge >= 0.3 is 0 Å². The molecule has 0 N–H and O–H groups in total. The van der Waals surface area contributed by atoms with Crippen LogP contribution >= 0.6 is 11.8 Å². The predicted octanol–water partition coefficient (Wildman–Crippen LogP) is 15.0. The SMILES string of the molecule is Cc1ccc(-c2cc(-c3ccc(C)cc3)cc(-c3ccc(-c4c5c(cc6c4-c4ccccc4C64C6CC7CC(C6)CC4C7)Oc4ccccc4S5)cc3)c2)cc1. The highest BCUT2D eigenvalue weighted by Gasteiger charge is 2.62. The maximum atomic E-state index is 6.95. The predicted molar refractivity (Wildman–Crippen MR) is 232 cm³/mol. The summed E-state index contributed by atoms with van der Waals surface area (Å²) < 4.78 is 6.95. The number of hydrogen-bond donors (Lipinski definition) is 0. The highest BCUT2D eigenvalue weighted by Crippen LogP contribution is 2.71. The Kier molecular flexibility index (Phi) is 7.25. The first kappa shape index (κ1) is 32.9. The molecular formula is C54H44OS. The zero-order valence-corrected chi connectivity index (χ0v) is 32.8. The van der Waals surface area contributed by atoms with Crippen LogP contribution in [0.25, 0.3) is 55.6 Å². The second kappa shape index (κ2) is 12.3. The fourth-order valence-corrected chi connectivity index (χ4v) is 13.1. The highest BCUT2D eigenvalue weighted by molar-refractivity contribution is 7.99. The van der Waals surface area contributed by atoms with E-state index < -0.39 is 0 Å². The summed E-state index contributed by atoms with van der Waals surface area (Å²) in [6.45, 7) is 4.31. The van der Waals surface area contributed by atoms with Crippen LogP contribution in [0.15, 0.2) is 155 Å². The van der Waals surface area contributed by atoms with E-state index in [0.29, 0.717) is 11.8 Å². The Bertz CT molecular complexity index is 2610. The maximum Gasteiger partial charge on any atom is 0.142 e. The van der Waals surface area contributed by atoms with Crippen LogP contribution in [0.3, 0.4) is 0 Å². The summed E-state index contributed by atoms with van der Waals surface area (Å²) in [7, 11) is 0. The van der Waals surface area contributed by atoms with Gasteiger partial charge in [0, 0.05) is 11.0 Å². The summed E-state index contributed by atoms with van der Waals surface area (Å²) in [6, 6.07) is 55.1. The van der Waals surface area contributed by atoms with Crippen LogP contribution in [0.5, 0.6) is 11.5 Å². The average molecular weight is 741 g/mol. The van der Waals surface area contributed by atoms with E-state index in [1.54, 1.807) is 11.1 Å². The number of benzene rings is 7. The maximum absolute atomic E-state index is 6.95. The fourth-order valence-electron chi connectivity index (χ4n) is 12.0. The van der Waals surface area contributed by atoms with Crippen LogP contribution in [-0.2, 0) is 5.41 Å². The summed E-state index contributed by atoms with van der Waals surface area (Å²) in [5.74, 6) is 5.19. The van der Waals surface area contributed by atoms with Gasteiger partial charge in [0.25, 0.3) is 0 Å². The zero-order chi connectivity index (χ0) is 37.1. The number of para-hydroxylation sites is 1. The minimum Gasteiger partial charge on any atom is -0.455 e. The molecule has 4 saturated carbocycles. The number of hydrogen-bond acceptors (Lipinski definition) is 2. The Hall–Kier alpha value is -5.31. The van der Waals surface area contributed by atoms with Gasteiger partial charge in [0.1, 0.15) is 11.5 Å². The van der Waals surface area contributed by atoms with E-state index in [9.17, 15) is 0 Å². The molecule has 0 atom stereocenters. The van der Waals surface area contributed by atoms with Crippen molar-refractivity contribution >= 4 is 11.8 Å². The Balaban J connectivity index is 1.04. The first-order valence-corrected chi connectivity index (χ1v) is 21.5. The van der Waals surface area contributed by atoms with Crippen molar-refractivity contribution in [3.63, 3.8) is 0 Å². The quantitative estimate of drug-likeness (QED) is 0.178. The van der Waals surface area contributed by atoms with Crippen molar-refractivity contribution in [2.45, 2.75) is 61.2 Å². The lowest BCUT2D eigenvalue weighted by Gasteiger charge is -2.61. The minimum absolute atomic E-state index is 0.0663. The Morgan fingerprint density at radius 2 is 0.982 bits per heavy atom. The second-order valence-corrected chi connectivity index (χ2v) is 18.5. The molecule has 7 aromatic rings. The Morgan fingerprint density at radius 1 is 0.464 bits per heavy atom. The largest absolute Gasteiger partial charge is 0.455 e. The van der Waals surface area contributed by atoms with E-state index in [4.69, 9.17) is 4.74 Å². The van der Waals surface area contributed by atoms with Crippen molar-refractivity contribution < 1.29 is 4.74 Å². The van der Waals surface area contributed by atoms with Crippen molar-refractivity contribution in [2.24, 2.45) is 23.7 Å². The van der Waals surface area contributed by atoms with E-state index in [0.717, 1.165) is 23.3 Å². The van der Waals surface area contributed by atoms with E-state index >= 15 is 0 Å². The molecule has 1 aliphatic heterocycles. The molecule has 0 unspecified atom stereocenters. The van der Waals surface area contributed by atoms with Gasteiger partial charge < -0.3 is 4.74 Å². The van der Waals surface area contributed by atoms with Gasteiger partial charge in [0.05, 0.1) is 9.79 Å². The number of fused-ring (bicyclic) bond motifs is 5. The summed E-state index contributed by atoms with van der Waals surface area (Å²) in [6.07, 6.45) is 6.93. The van der Waals surface area contributed by atoms with Crippen LogP contribution in [-0.4, -0.2) is 0 Å². The normalized spacial score (nSPS) is 23.3. The van der Waals surface area contributed by atoms with Crippen LogP contribution < -0.4 is 4.74 Å². The molecule has 0 amide bonds. The molecule has 2 heteroatoms. The van der Waals surface area contributed by atoms with Crippen molar-refractivity contribution in [2.75, 3.05) is 0 Å². The summed E-state index contributed by atoms with van der Waals surface area (Å²) >= 11 is 1.89. The van der Waals surface area contributed by atoms with Gasteiger partial charge in [-0.1, -0.05) is 132 Å². The lowest BCUT2D eigenvalue weighted by atomic mass is 9.43. The molecule has 13 rings (SSSR count). The van der Waals surface area contributed by atoms with Gasteiger partial charge in [-0.3, -0.25) is 0 Å². The van der Waals surface area contributed by atoms with Gasteiger partial charge in [0.2, 0.25) is 0 Å². The van der Waals surface area contributed by atoms with E-state index in [1.807, 2.05) is 11.8 Å². The average Bonchev–Trinajstić information content (AvgIpc) is 3.51. The zero-order valence-electron chi connectivity index (χ0n) is 32.0. The van der Waals surface area contributed by atoms with Gasteiger partial charge in [0.15, 0.2) is 0 Å². The van der Waals surface area contributed by atoms with Gasteiger partial charge in [-0.15, -0.1) is 0 Å². The van der Waals surface area contributed by atoms with Crippen molar-refractivity contribution in [3.8, 4) is 67.1 Å². The van der Waals surface area contributed by atoms with Gasteiger partial charge in [-0.2, -0.15) is 0 Å². The van der Waals surface area contributed by atoms with Crippen molar-refractivity contribution in [3.05, 3.63) is 168 Å². The van der Waals surface area contributed by atoms with Crippen LogP contribution in [0, 0.1) is 37.5 Å². The van der Waals surface area contributed by atoms with E-state index in [2.05, 4.69) is 159 Å². The Labute approximate surface area is 334 Å². The van der Waals surface area contributed by atoms with E-state index in [1.165, 1.54) is 109 Å². The molecule has 0 aromatic heterocycles. The van der Waals surface area contributed by atoms with Crippen molar-refractivity contribution in [1.29, 1.82) is 0 Å². The van der Waals surface area contributed by atoms with Crippen LogP contribution in [0.4, 0.5) is 0 Å². The molecule has 7 aromatic carbocycles. The molecule has 4 fully saturated rings. The van der Waals surface area contributed by atoms with Gasteiger partial charge in [-0.25, -0.2) is 0 Å². The molecule has 4 bridgehead atoms. The second-order valence-electron chi connectivity index (χ2n) is 17.5. The van der Waals surface area contributed by atoms with Crippen molar-refractivity contribution in [1.82, 2.24) is 0 Å². The molecule has 6 aliphatic rings. The first-order chi connectivity index (χ1) is 27.5. The summed E-state index contributed by atoms with van der Waals surface area (Å²) in [5.41, 5.74) is 18.7. The molecule has 1 heterocycles. The molecule has 56 heavy (non-hydrogen) atoms. The first-order valence-electron chi connectivity index (χ1n) is 20.7. The van der Waals surface area contributed by atoms with E-state index in [-0.39, 0.29) is 5.41 Å². The molecule has 1 nitrogen and oxygen atoms in total. The van der Waals surface area contributed by atoms with Crippen LogP contribution in [0.2, 0.25) is 0 Å². The molecule has 1 spiro atoms. The molecular weight excluding hydrogens is 697 g/mol. The van der Waals surface area contributed by atoms with Crippen LogP contribution in [0.1, 0.15) is 54.4 Å². The topological polar surface area (TPSA) is 9.23 Å².